The van der Waals surface area contributed by atoms with Gasteiger partial charge in [0.15, 0.2) is 5.58 Å². The molecule has 0 aliphatic carbocycles. The van der Waals surface area contributed by atoms with Gasteiger partial charge in [-0.1, -0.05) is 45.6 Å². The Hall–Kier alpha value is -1.22. The van der Waals surface area contributed by atoms with Crippen LogP contribution in [0.5, 0.6) is 0 Å². The van der Waals surface area contributed by atoms with Crippen LogP contribution in [0.2, 0.25) is 0 Å². The van der Waals surface area contributed by atoms with Crippen LogP contribution in [0.4, 0.5) is 0 Å². The second-order valence-corrected chi connectivity index (χ2v) is 6.09. The van der Waals surface area contributed by atoms with Crippen molar-refractivity contribution in [1.82, 2.24) is 4.57 Å². The Labute approximate surface area is 130 Å². The van der Waals surface area contributed by atoms with E-state index in [1.807, 2.05) is 25.1 Å². The van der Waals surface area contributed by atoms with Crippen LogP contribution >= 0.6 is 11.6 Å². The third-order valence-electron chi connectivity index (χ3n) is 3.81. The van der Waals surface area contributed by atoms with E-state index in [9.17, 15) is 4.79 Å². The number of fused-ring (bicyclic) bond motifs is 1. The van der Waals surface area contributed by atoms with Crippen LogP contribution in [-0.4, -0.2) is 4.57 Å². The fraction of sp³-hybridized carbons (Fsp3) is 0.588. The molecule has 3 nitrogen and oxygen atoms in total. The Bertz CT molecular complexity index is 629. The Morgan fingerprint density at radius 2 is 2.00 bits per heavy atom. The van der Waals surface area contributed by atoms with E-state index in [2.05, 4.69) is 6.92 Å². The van der Waals surface area contributed by atoms with Crippen molar-refractivity contribution in [2.75, 3.05) is 0 Å². The lowest BCUT2D eigenvalue weighted by atomic mass is 10.0. The van der Waals surface area contributed by atoms with Gasteiger partial charge in [-0.2, -0.15) is 0 Å². The lowest BCUT2D eigenvalue weighted by molar-refractivity contribution is 0.502. The summed E-state index contributed by atoms with van der Waals surface area (Å²) in [6, 6.07) is 5.88. The first-order valence-electron chi connectivity index (χ1n) is 7.94. The van der Waals surface area contributed by atoms with Crippen LogP contribution in [0.3, 0.4) is 0 Å². The van der Waals surface area contributed by atoms with E-state index in [4.69, 9.17) is 16.0 Å². The number of oxazole rings is 1. The number of hydrogen-bond donors (Lipinski definition) is 0. The Morgan fingerprint density at radius 3 is 2.71 bits per heavy atom. The summed E-state index contributed by atoms with van der Waals surface area (Å²) in [6.45, 7) is 4.94. The summed E-state index contributed by atoms with van der Waals surface area (Å²) in [4.78, 5) is 11.8. The van der Waals surface area contributed by atoms with E-state index < -0.39 is 0 Å². The number of nitrogens with zero attached hydrogens (tertiary/aromatic N) is 1. The van der Waals surface area contributed by atoms with E-state index >= 15 is 0 Å². The molecule has 0 amide bonds. The van der Waals surface area contributed by atoms with Gasteiger partial charge in [-0.15, -0.1) is 11.6 Å². The molecule has 116 valence electrons. The maximum atomic E-state index is 11.8. The summed E-state index contributed by atoms with van der Waals surface area (Å²) in [5.41, 5.74) is 2.55. The summed E-state index contributed by atoms with van der Waals surface area (Å²) in [5, 5.41) is -0.00826. The summed E-state index contributed by atoms with van der Waals surface area (Å²) in [5.74, 6) is -0.280. The van der Waals surface area contributed by atoms with Gasteiger partial charge >= 0.3 is 5.76 Å². The van der Waals surface area contributed by atoms with Gasteiger partial charge in [0.25, 0.3) is 0 Å². The SMILES string of the molecule is CCCCCCC(Cl)c1ccc2c(c1)oc(=O)n2CCC. The molecule has 1 aromatic heterocycles. The first-order valence-corrected chi connectivity index (χ1v) is 8.38. The van der Waals surface area contributed by atoms with Crippen molar-refractivity contribution >= 4 is 22.7 Å². The number of halogens is 1. The minimum atomic E-state index is -0.280. The second-order valence-electron chi connectivity index (χ2n) is 5.56. The molecule has 2 aromatic rings. The molecule has 0 N–H and O–H groups in total. The average Bonchev–Trinajstić information content (AvgIpc) is 2.79. The predicted octanol–water partition coefficient (Wildman–Crippen LogP) is 5.25. The highest BCUT2D eigenvalue weighted by atomic mass is 35.5. The molecular formula is C17H24ClNO2. The third-order valence-corrected chi connectivity index (χ3v) is 4.28. The predicted molar refractivity (Wildman–Crippen MR) is 88.1 cm³/mol. The zero-order valence-electron chi connectivity index (χ0n) is 12.9. The minimum absolute atomic E-state index is 0.00826. The number of aryl methyl sites for hydroxylation is 1. The highest BCUT2D eigenvalue weighted by molar-refractivity contribution is 6.20. The van der Waals surface area contributed by atoms with Crippen molar-refractivity contribution < 1.29 is 4.42 Å². The third kappa shape index (κ3) is 3.91. The number of rotatable bonds is 8. The maximum absolute atomic E-state index is 11.8. The standard InChI is InChI=1S/C17H24ClNO2/c1-3-5-6-7-8-14(18)13-9-10-15-16(12-13)21-17(20)19(15)11-4-2/h9-10,12,14H,3-8,11H2,1-2H3. The van der Waals surface area contributed by atoms with Gasteiger partial charge in [0.1, 0.15) is 0 Å². The van der Waals surface area contributed by atoms with Crippen molar-refractivity contribution in [3.05, 3.63) is 34.3 Å². The summed E-state index contributed by atoms with van der Waals surface area (Å²) in [7, 11) is 0. The summed E-state index contributed by atoms with van der Waals surface area (Å²) < 4.78 is 7.02. The number of benzene rings is 1. The van der Waals surface area contributed by atoms with Crippen LogP contribution in [-0.2, 0) is 6.54 Å². The molecule has 1 unspecified atom stereocenters. The van der Waals surface area contributed by atoms with Crippen molar-refractivity contribution in [2.45, 2.75) is 64.3 Å². The number of hydrogen-bond acceptors (Lipinski definition) is 2. The van der Waals surface area contributed by atoms with Gasteiger partial charge in [-0.25, -0.2) is 4.79 Å². The monoisotopic (exact) mass is 309 g/mol. The highest BCUT2D eigenvalue weighted by Gasteiger charge is 2.13. The fourth-order valence-electron chi connectivity index (χ4n) is 2.63. The van der Waals surface area contributed by atoms with E-state index in [1.54, 1.807) is 4.57 Å². The van der Waals surface area contributed by atoms with Gasteiger partial charge in [0.05, 0.1) is 10.9 Å². The number of alkyl halides is 1. The zero-order valence-corrected chi connectivity index (χ0v) is 13.7. The van der Waals surface area contributed by atoms with Crippen LogP contribution < -0.4 is 5.76 Å². The van der Waals surface area contributed by atoms with Gasteiger partial charge in [-0.3, -0.25) is 4.57 Å². The Kier molecular flexibility index (Phi) is 5.92. The van der Waals surface area contributed by atoms with Crippen LogP contribution in [0.25, 0.3) is 11.1 Å². The highest BCUT2D eigenvalue weighted by Crippen LogP contribution is 2.29. The van der Waals surface area contributed by atoms with Crippen LogP contribution in [0.1, 0.15) is 63.3 Å². The van der Waals surface area contributed by atoms with Crippen LogP contribution in [0, 0.1) is 0 Å². The van der Waals surface area contributed by atoms with Crippen molar-refractivity contribution in [3.8, 4) is 0 Å². The van der Waals surface area contributed by atoms with E-state index in [0.29, 0.717) is 12.1 Å². The Morgan fingerprint density at radius 1 is 1.19 bits per heavy atom. The normalized spacial score (nSPS) is 12.9. The second kappa shape index (κ2) is 7.69. The molecule has 1 heterocycles. The first-order chi connectivity index (χ1) is 10.2. The van der Waals surface area contributed by atoms with E-state index in [0.717, 1.165) is 30.3 Å². The largest absolute Gasteiger partial charge is 0.419 e. The van der Waals surface area contributed by atoms with Gasteiger partial charge in [0.2, 0.25) is 0 Å². The quantitative estimate of drug-likeness (QED) is 0.493. The van der Waals surface area contributed by atoms with E-state index in [-0.39, 0.29) is 11.1 Å². The molecule has 1 atom stereocenters. The summed E-state index contributed by atoms with van der Waals surface area (Å²) >= 11 is 6.47. The lowest BCUT2D eigenvalue weighted by Gasteiger charge is -2.09. The van der Waals surface area contributed by atoms with Crippen molar-refractivity contribution in [1.29, 1.82) is 0 Å². The molecule has 0 fully saturated rings. The topological polar surface area (TPSA) is 35.1 Å². The van der Waals surface area contributed by atoms with Crippen LogP contribution in [0.15, 0.2) is 27.4 Å². The summed E-state index contributed by atoms with van der Waals surface area (Å²) in [6.07, 6.45) is 6.73. The fourth-order valence-corrected chi connectivity index (χ4v) is 2.92. The molecule has 0 aliphatic rings. The molecule has 1 aromatic carbocycles. The molecule has 0 radical (unpaired) electrons. The molecule has 4 heteroatoms. The molecular weight excluding hydrogens is 286 g/mol. The molecule has 0 bridgehead atoms. The van der Waals surface area contributed by atoms with Gasteiger partial charge in [-0.05, 0) is 30.5 Å². The minimum Gasteiger partial charge on any atom is -0.408 e. The molecule has 0 aliphatic heterocycles. The average molecular weight is 310 g/mol. The molecule has 0 spiro atoms. The molecule has 2 rings (SSSR count). The Balaban J connectivity index is 2.13. The molecule has 0 saturated heterocycles. The molecule has 0 saturated carbocycles. The number of aromatic nitrogens is 1. The zero-order chi connectivity index (χ0) is 15.2. The van der Waals surface area contributed by atoms with Crippen molar-refractivity contribution in [2.24, 2.45) is 0 Å². The van der Waals surface area contributed by atoms with Gasteiger partial charge in [0, 0.05) is 6.54 Å². The first kappa shape index (κ1) is 16.2. The van der Waals surface area contributed by atoms with E-state index in [1.165, 1.54) is 19.3 Å². The maximum Gasteiger partial charge on any atom is 0.419 e. The molecule has 21 heavy (non-hydrogen) atoms. The smallest absolute Gasteiger partial charge is 0.408 e. The van der Waals surface area contributed by atoms with Crippen molar-refractivity contribution in [3.63, 3.8) is 0 Å². The number of unbranched alkanes of at least 4 members (excludes halogenated alkanes) is 3. The van der Waals surface area contributed by atoms with Gasteiger partial charge < -0.3 is 4.42 Å². The lowest BCUT2D eigenvalue weighted by Crippen LogP contribution is -2.13.